The number of rotatable bonds is 4. The molecule has 120 valence electrons. The summed E-state index contributed by atoms with van der Waals surface area (Å²) >= 11 is 0. The number of anilines is 1. The Morgan fingerprint density at radius 3 is 2.70 bits per heavy atom. The molecule has 1 aromatic carbocycles. The number of piperidine rings is 1. The van der Waals surface area contributed by atoms with Crippen LogP contribution in [0.1, 0.15) is 24.0 Å². The van der Waals surface area contributed by atoms with Crippen molar-refractivity contribution < 1.29 is 9.90 Å². The van der Waals surface area contributed by atoms with E-state index in [0.29, 0.717) is 25.3 Å². The number of carboxylic acids is 1. The average Bonchev–Trinajstić information content (AvgIpc) is 2.58. The maximum Gasteiger partial charge on any atom is 0.311 e. The van der Waals surface area contributed by atoms with Crippen molar-refractivity contribution in [2.45, 2.75) is 26.2 Å². The second-order valence-corrected chi connectivity index (χ2v) is 6.26. The third kappa shape index (κ3) is 3.18. The summed E-state index contributed by atoms with van der Waals surface area (Å²) in [5.74, 6) is -0.121. The van der Waals surface area contributed by atoms with Gasteiger partial charge in [0.2, 0.25) is 5.95 Å². The third-order valence-electron chi connectivity index (χ3n) is 4.66. The van der Waals surface area contributed by atoms with Crippen LogP contribution in [0.4, 0.5) is 5.95 Å². The summed E-state index contributed by atoms with van der Waals surface area (Å²) in [6.45, 7) is 3.28. The first kappa shape index (κ1) is 15.5. The predicted molar refractivity (Wildman–Crippen MR) is 88.4 cm³/mol. The second kappa shape index (κ2) is 6.36. The van der Waals surface area contributed by atoms with Gasteiger partial charge in [-0.3, -0.25) is 4.79 Å². The molecule has 1 atom stereocenters. The first-order valence-electron chi connectivity index (χ1n) is 7.91. The number of hydrogen-bond acceptors (Lipinski definition) is 4. The van der Waals surface area contributed by atoms with E-state index in [1.807, 2.05) is 36.1 Å². The molecule has 1 unspecified atom stereocenters. The molecular weight excluding hydrogens is 290 g/mol. The maximum atomic E-state index is 12.1. The van der Waals surface area contributed by atoms with Gasteiger partial charge in [0.05, 0.1) is 5.41 Å². The van der Waals surface area contributed by atoms with Crippen LogP contribution in [0.5, 0.6) is 0 Å². The molecule has 1 aliphatic heterocycles. The number of hydrogen-bond donors (Lipinski definition) is 1. The molecule has 2 heterocycles. The lowest BCUT2D eigenvalue weighted by molar-refractivity contribution is -0.149. The number of aliphatic carboxylic acids is 1. The van der Waals surface area contributed by atoms with Crippen LogP contribution in [0, 0.1) is 12.3 Å². The highest BCUT2D eigenvalue weighted by atomic mass is 16.4. The van der Waals surface area contributed by atoms with Gasteiger partial charge in [0.25, 0.3) is 0 Å². The van der Waals surface area contributed by atoms with E-state index in [1.165, 1.54) is 0 Å². The van der Waals surface area contributed by atoms with E-state index in [0.717, 1.165) is 24.1 Å². The zero-order valence-corrected chi connectivity index (χ0v) is 13.3. The molecule has 1 aromatic heterocycles. The molecule has 1 aliphatic rings. The van der Waals surface area contributed by atoms with Gasteiger partial charge >= 0.3 is 5.97 Å². The van der Waals surface area contributed by atoms with Crippen molar-refractivity contribution in [3.8, 4) is 0 Å². The number of aryl methyl sites for hydroxylation is 1. The topological polar surface area (TPSA) is 66.3 Å². The van der Waals surface area contributed by atoms with Crippen molar-refractivity contribution in [2.75, 3.05) is 18.0 Å². The van der Waals surface area contributed by atoms with Gasteiger partial charge in [0.15, 0.2) is 0 Å². The van der Waals surface area contributed by atoms with Crippen LogP contribution in [0.2, 0.25) is 0 Å². The monoisotopic (exact) mass is 311 g/mol. The highest BCUT2D eigenvalue weighted by Gasteiger charge is 2.43. The lowest BCUT2D eigenvalue weighted by atomic mass is 9.74. The molecule has 0 saturated carbocycles. The van der Waals surface area contributed by atoms with Crippen LogP contribution in [0.15, 0.2) is 42.7 Å². The Morgan fingerprint density at radius 2 is 2.00 bits per heavy atom. The molecule has 23 heavy (non-hydrogen) atoms. The Hall–Kier alpha value is -2.43. The summed E-state index contributed by atoms with van der Waals surface area (Å²) < 4.78 is 0. The lowest BCUT2D eigenvalue weighted by Gasteiger charge is -2.40. The molecule has 3 rings (SSSR count). The SMILES string of the molecule is Cc1ccccc1CC1(C(=O)O)CCCN(c2ncccn2)C1. The minimum atomic E-state index is -0.788. The van der Waals surface area contributed by atoms with Crippen molar-refractivity contribution in [3.63, 3.8) is 0 Å². The lowest BCUT2D eigenvalue weighted by Crippen LogP contribution is -2.49. The average molecular weight is 311 g/mol. The van der Waals surface area contributed by atoms with Crippen molar-refractivity contribution in [1.82, 2.24) is 9.97 Å². The molecule has 1 fully saturated rings. The fourth-order valence-corrected chi connectivity index (χ4v) is 3.32. The van der Waals surface area contributed by atoms with E-state index in [-0.39, 0.29) is 0 Å². The number of carboxylic acid groups (broad SMARTS) is 1. The number of carbonyl (C=O) groups is 1. The van der Waals surface area contributed by atoms with Crippen LogP contribution in [0.3, 0.4) is 0 Å². The van der Waals surface area contributed by atoms with Gasteiger partial charge < -0.3 is 10.0 Å². The van der Waals surface area contributed by atoms with Gasteiger partial charge in [-0.15, -0.1) is 0 Å². The molecule has 5 heteroatoms. The maximum absolute atomic E-state index is 12.1. The highest BCUT2D eigenvalue weighted by Crippen LogP contribution is 2.36. The van der Waals surface area contributed by atoms with Crippen LogP contribution < -0.4 is 4.90 Å². The molecule has 5 nitrogen and oxygen atoms in total. The molecule has 0 spiro atoms. The smallest absolute Gasteiger partial charge is 0.311 e. The van der Waals surface area contributed by atoms with E-state index in [2.05, 4.69) is 9.97 Å². The van der Waals surface area contributed by atoms with E-state index >= 15 is 0 Å². The molecule has 0 bridgehead atoms. The normalized spacial score (nSPS) is 21.2. The van der Waals surface area contributed by atoms with Crippen molar-refractivity contribution in [3.05, 3.63) is 53.9 Å². The van der Waals surface area contributed by atoms with Gasteiger partial charge in [-0.25, -0.2) is 9.97 Å². The summed E-state index contributed by atoms with van der Waals surface area (Å²) in [6, 6.07) is 9.78. The van der Waals surface area contributed by atoms with Crippen LogP contribution >= 0.6 is 0 Å². The van der Waals surface area contributed by atoms with Crippen molar-refractivity contribution in [1.29, 1.82) is 0 Å². The molecule has 0 aliphatic carbocycles. The third-order valence-corrected chi connectivity index (χ3v) is 4.66. The summed E-state index contributed by atoms with van der Waals surface area (Å²) in [5, 5.41) is 9.94. The Bertz CT molecular complexity index is 690. The largest absolute Gasteiger partial charge is 0.481 e. The van der Waals surface area contributed by atoms with E-state index in [1.54, 1.807) is 18.5 Å². The summed E-state index contributed by atoms with van der Waals surface area (Å²) in [4.78, 5) is 22.6. The van der Waals surface area contributed by atoms with Crippen LogP contribution in [-0.2, 0) is 11.2 Å². The van der Waals surface area contributed by atoms with Crippen molar-refractivity contribution in [2.24, 2.45) is 5.41 Å². The molecule has 1 saturated heterocycles. The number of aromatic nitrogens is 2. The Balaban J connectivity index is 1.89. The fourth-order valence-electron chi connectivity index (χ4n) is 3.32. The Morgan fingerprint density at radius 1 is 1.26 bits per heavy atom. The Labute approximate surface area is 136 Å². The van der Waals surface area contributed by atoms with Gasteiger partial charge in [-0.2, -0.15) is 0 Å². The van der Waals surface area contributed by atoms with Crippen molar-refractivity contribution >= 4 is 11.9 Å². The number of benzene rings is 1. The molecular formula is C18H21N3O2. The minimum absolute atomic E-state index is 0.445. The number of nitrogens with zero attached hydrogens (tertiary/aromatic N) is 3. The standard InChI is InChI=1S/C18H21N3O2/c1-14-6-2-3-7-15(14)12-18(16(22)23)8-4-11-21(13-18)17-19-9-5-10-20-17/h2-3,5-7,9-10H,4,8,11-13H2,1H3,(H,22,23). The fraction of sp³-hybridized carbons (Fsp3) is 0.389. The van der Waals surface area contributed by atoms with Crippen LogP contribution in [-0.4, -0.2) is 34.1 Å². The summed E-state index contributed by atoms with van der Waals surface area (Å²) in [6.07, 6.45) is 5.44. The molecule has 2 aromatic rings. The first-order chi connectivity index (χ1) is 11.1. The molecule has 1 N–H and O–H groups in total. The zero-order valence-electron chi connectivity index (χ0n) is 13.3. The first-order valence-corrected chi connectivity index (χ1v) is 7.91. The van der Waals surface area contributed by atoms with E-state index in [9.17, 15) is 9.90 Å². The van der Waals surface area contributed by atoms with E-state index in [4.69, 9.17) is 0 Å². The quantitative estimate of drug-likeness (QED) is 0.940. The zero-order chi connectivity index (χ0) is 16.3. The Kier molecular flexibility index (Phi) is 4.28. The van der Waals surface area contributed by atoms with Crippen LogP contribution in [0.25, 0.3) is 0 Å². The van der Waals surface area contributed by atoms with Gasteiger partial charge in [-0.1, -0.05) is 24.3 Å². The molecule has 0 radical (unpaired) electrons. The molecule has 0 amide bonds. The minimum Gasteiger partial charge on any atom is -0.481 e. The summed E-state index contributed by atoms with van der Waals surface area (Å²) in [7, 11) is 0. The van der Waals surface area contributed by atoms with Gasteiger partial charge in [0.1, 0.15) is 0 Å². The van der Waals surface area contributed by atoms with Gasteiger partial charge in [0, 0.05) is 25.5 Å². The highest BCUT2D eigenvalue weighted by molar-refractivity contribution is 5.76. The summed E-state index contributed by atoms with van der Waals surface area (Å²) in [5.41, 5.74) is 1.45. The van der Waals surface area contributed by atoms with E-state index < -0.39 is 11.4 Å². The van der Waals surface area contributed by atoms with Gasteiger partial charge in [-0.05, 0) is 43.4 Å². The second-order valence-electron chi connectivity index (χ2n) is 6.26. The predicted octanol–water partition coefficient (Wildman–Crippen LogP) is 2.70.